The van der Waals surface area contributed by atoms with Gasteiger partial charge in [0.1, 0.15) is 11.5 Å². The van der Waals surface area contributed by atoms with Crippen molar-refractivity contribution in [3.05, 3.63) is 23.8 Å². The lowest BCUT2D eigenvalue weighted by molar-refractivity contribution is 0.0247. The Morgan fingerprint density at radius 1 is 1.26 bits per heavy atom. The first-order chi connectivity index (χ1) is 9.05. The summed E-state index contributed by atoms with van der Waals surface area (Å²) in [5.74, 6) is 1.66. The van der Waals surface area contributed by atoms with E-state index in [0.29, 0.717) is 0 Å². The molecule has 0 aromatic heterocycles. The Morgan fingerprint density at radius 2 is 2.05 bits per heavy atom. The Hall–Kier alpha value is -1.26. The highest BCUT2D eigenvalue weighted by atomic mass is 16.5. The summed E-state index contributed by atoms with van der Waals surface area (Å²) in [5, 5.41) is 3.45. The van der Waals surface area contributed by atoms with Gasteiger partial charge in [0.25, 0.3) is 0 Å². The fraction of sp³-hybridized carbons (Fsp3) is 0.600. The second-order valence-corrected chi connectivity index (χ2v) is 5.70. The quantitative estimate of drug-likeness (QED) is 0.911. The van der Waals surface area contributed by atoms with Crippen LogP contribution >= 0.6 is 0 Å². The van der Waals surface area contributed by atoms with Gasteiger partial charge in [0.05, 0.1) is 26.9 Å². The highest BCUT2D eigenvalue weighted by Gasteiger charge is 2.27. The third kappa shape index (κ3) is 3.39. The molecule has 1 unspecified atom stereocenters. The highest BCUT2D eigenvalue weighted by Crippen LogP contribution is 2.33. The molecule has 0 radical (unpaired) electrons. The third-order valence-corrected chi connectivity index (χ3v) is 3.39. The maximum atomic E-state index is 6.05. The molecule has 19 heavy (non-hydrogen) atoms. The second-order valence-electron chi connectivity index (χ2n) is 5.70. The van der Waals surface area contributed by atoms with E-state index in [2.05, 4.69) is 19.2 Å². The fourth-order valence-electron chi connectivity index (χ4n) is 2.27. The van der Waals surface area contributed by atoms with Gasteiger partial charge >= 0.3 is 0 Å². The molecular weight excluding hydrogens is 242 g/mol. The zero-order valence-electron chi connectivity index (χ0n) is 12.2. The maximum absolute atomic E-state index is 6.05. The van der Waals surface area contributed by atoms with Crippen LogP contribution in [0.15, 0.2) is 18.2 Å². The van der Waals surface area contributed by atoms with Gasteiger partial charge in [-0.1, -0.05) is 13.8 Å². The van der Waals surface area contributed by atoms with Crippen molar-refractivity contribution in [2.45, 2.75) is 20.0 Å². The van der Waals surface area contributed by atoms with Crippen molar-refractivity contribution in [3.8, 4) is 11.5 Å². The largest absolute Gasteiger partial charge is 0.497 e. The van der Waals surface area contributed by atoms with Crippen LogP contribution in [0.5, 0.6) is 11.5 Å². The van der Waals surface area contributed by atoms with Crippen molar-refractivity contribution in [1.29, 1.82) is 0 Å². The van der Waals surface area contributed by atoms with Gasteiger partial charge in [-0.25, -0.2) is 0 Å². The molecule has 106 valence electrons. The number of hydrogen-bond donors (Lipinski definition) is 1. The molecule has 0 spiro atoms. The SMILES string of the molecule is COc1ccc(OC)c(C2CNCC(C)(C)CO2)c1. The van der Waals surface area contributed by atoms with Gasteiger partial charge in [-0.05, 0) is 18.2 Å². The number of hydrogen-bond acceptors (Lipinski definition) is 4. The predicted octanol–water partition coefficient (Wildman–Crippen LogP) is 2.39. The zero-order chi connectivity index (χ0) is 13.9. The van der Waals surface area contributed by atoms with Crippen LogP contribution in [0.3, 0.4) is 0 Å². The lowest BCUT2D eigenvalue weighted by Gasteiger charge is -2.22. The van der Waals surface area contributed by atoms with Crippen molar-refractivity contribution >= 4 is 0 Å². The van der Waals surface area contributed by atoms with Crippen LogP contribution in [0.2, 0.25) is 0 Å². The van der Waals surface area contributed by atoms with E-state index >= 15 is 0 Å². The molecule has 1 N–H and O–H groups in total. The predicted molar refractivity (Wildman–Crippen MR) is 74.9 cm³/mol. The Morgan fingerprint density at radius 3 is 2.74 bits per heavy atom. The lowest BCUT2D eigenvalue weighted by atomic mass is 9.95. The van der Waals surface area contributed by atoms with E-state index in [4.69, 9.17) is 14.2 Å². The summed E-state index contributed by atoms with van der Waals surface area (Å²) in [5.41, 5.74) is 1.19. The molecule has 1 atom stereocenters. The average Bonchev–Trinajstić information content (AvgIpc) is 2.59. The summed E-state index contributed by atoms with van der Waals surface area (Å²) in [6.45, 7) is 6.87. The van der Waals surface area contributed by atoms with Crippen LogP contribution in [0, 0.1) is 5.41 Å². The van der Waals surface area contributed by atoms with Gasteiger partial charge in [-0.15, -0.1) is 0 Å². The minimum Gasteiger partial charge on any atom is -0.497 e. The topological polar surface area (TPSA) is 39.7 Å². The van der Waals surface area contributed by atoms with E-state index in [1.807, 2.05) is 18.2 Å². The van der Waals surface area contributed by atoms with E-state index in [1.54, 1.807) is 14.2 Å². The summed E-state index contributed by atoms with van der Waals surface area (Å²) in [7, 11) is 3.35. The Kier molecular flexibility index (Phi) is 4.32. The molecule has 1 aliphatic rings. The van der Waals surface area contributed by atoms with Crippen molar-refractivity contribution in [2.75, 3.05) is 33.9 Å². The number of methoxy groups -OCH3 is 2. The summed E-state index contributed by atoms with van der Waals surface area (Å²) >= 11 is 0. The zero-order valence-corrected chi connectivity index (χ0v) is 12.2. The third-order valence-electron chi connectivity index (χ3n) is 3.39. The molecule has 0 saturated carbocycles. The molecule has 1 aromatic carbocycles. The van der Waals surface area contributed by atoms with Gasteiger partial charge in [0.15, 0.2) is 0 Å². The molecule has 0 aliphatic carbocycles. The standard InChI is InChI=1S/C15H23NO3/c1-15(2)9-16-8-14(19-10-15)12-7-11(17-3)5-6-13(12)18-4/h5-7,14,16H,8-10H2,1-4H3. The van der Waals surface area contributed by atoms with E-state index in [1.165, 1.54) is 0 Å². The fourth-order valence-corrected chi connectivity index (χ4v) is 2.27. The summed E-state index contributed by atoms with van der Waals surface area (Å²) in [6.07, 6.45) is -0.00757. The van der Waals surface area contributed by atoms with Crippen LogP contribution in [0.25, 0.3) is 0 Å². The van der Waals surface area contributed by atoms with E-state index in [0.717, 1.165) is 36.8 Å². The number of nitrogens with one attached hydrogen (secondary N) is 1. The van der Waals surface area contributed by atoms with Gasteiger partial charge in [-0.2, -0.15) is 0 Å². The minimum absolute atomic E-state index is 0.00757. The van der Waals surface area contributed by atoms with Crippen LogP contribution in [0.1, 0.15) is 25.5 Å². The first-order valence-corrected chi connectivity index (χ1v) is 6.60. The van der Waals surface area contributed by atoms with Crippen molar-refractivity contribution < 1.29 is 14.2 Å². The number of benzene rings is 1. The Labute approximate surface area is 115 Å². The lowest BCUT2D eigenvalue weighted by Crippen LogP contribution is -2.29. The molecule has 1 aliphatic heterocycles. The van der Waals surface area contributed by atoms with Gasteiger partial charge in [0, 0.05) is 24.1 Å². The number of ether oxygens (including phenoxy) is 3. The normalized spacial score (nSPS) is 22.6. The molecule has 4 heteroatoms. The molecule has 1 aromatic rings. The van der Waals surface area contributed by atoms with Crippen LogP contribution < -0.4 is 14.8 Å². The van der Waals surface area contributed by atoms with E-state index in [-0.39, 0.29) is 11.5 Å². The summed E-state index contributed by atoms with van der Waals surface area (Å²) in [6, 6.07) is 5.81. The van der Waals surface area contributed by atoms with Gasteiger partial charge in [0.2, 0.25) is 0 Å². The van der Waals surface area contributed by atoms with E-state index < -0.39 is 0 Å². The second kappa shape index (κ2) is 5.80. The van der Waals surface area contributed by atoms with E-state index in [9.17, 15) is 0 Å². The molecule has 1 fully saturated rings. The van der Waals surface area contributed by atoms with Crippen LogP contribution in [-0.2, 0) is 4.74 Å². The molecule has 2 rings (SSSR count). The molecular formula is C15H23NO3. The molecule has 0 amide bonds. The van der Waals surface area contributed by atoms with Crippen molar-refractivity contribution in [1.82, 2.24) is 5.32 Å². The van der Waals surface area contributed by atoms with Crippen LogP contribution in [0.4, 0.5) is 0 Å². The smallest absolute Gasteiger partial charge is 0.124 e. The maximum Gasteiger partial charge on any atom is 0.124 e. The van der Waals surface area contributed by atoms with Gasteiger partial charge < -0.3 is 19.5 Å². The monoisotopic (exact) mass is 265 g/mol. The summed E-state index contributed by atoms with van der Waals surface area (Å²) in [4.78, 5) is 0. The first kappa shape index (κ1) is 14.2. The van der Waals surface area contributed by atoms with Crippen LogP contribution in [-0.4, -0.2) is 33.9 Å². The van der Waals surface area contributed by atoms with Gasteiger partial charge in [-0.3, -0.25) is 0 Å². The molecule has 4 nitrogen and oxygen atoms in total. The molecule has 1 heterocycles. The Bertz CT molecular complexity index is 431. The van der Waals surface area contributed by atoms with Crippen molar-refractivity contribution in [2.24, 2.45) is 5.41 Å². The minimum atomic E-state index is -0.00757. The molecule has 1 saturated heterocycles. The summed E-state index contributed by atoms with van der Waals surface area (Å²) < 4.78 is 16.8. The Balaban J connectivity index is 2.24. The average molecular weight is 265 g/mol. The van der Waals surface area contributed by atoms with Crippen molar-refractivity contribution in [3.63, 3.8) is 0 Å². The first-order valence-electron chi connectivity index (χ1n) is 6.60. The molecule has 0 bridgehead atoms. The highest BCUT2D eigenvalue weighted by molar-refractivity contribution is 5.42. The number of rotatable bonds is 3.